The van der Waals surface area contributed by atoms with Crippen molar-refractivity contribution in [3.63, 3.8) is 0 Å². The fourth-order valence-corrected chi connectivity index (χ4v) is 14.7. The van der Waals surface area contributed by atoms with Gasteiger partial charge in [-0.1, -0.05) is 70.2 Å². The fourth-order valence-electron chi connectivity index (χ4n) is 9.83. The molecule has 1 N–H and O–H groups in total. The summed E-state index contributed by atoms with van der Waals surface area (Å²) in [6, 6.07) is 36.9. The molecule has 4 fully saturated rings. The first-order chi connectivity index (χ1) is 44.2. The minimum absolute atomic E-state index is 0.0376. The zero-order valence-electron chi connectivity index (χ0n) is 55.7. The lowest BCUT2D eigenvalue weighted by atomic mass is 9.87. The Morgan fingerprint density at radius 3 is 1.66 bits per heavy atom. The Morgan fingerprint density at radius 2 is 1.16 bits per heavy atom. The molecule has 3 saturated heterocycles. The average molecular weight is 1590 g/mol. The van der Waals surface area contributed by atoms with Crippen LogP contribution < -0.4 is 9.47 Å². The van der Waals surface area contributed by atoms with Crippen molar-refractivity contribution in [2.75, 3.05) is 5.75 Å². The van der Waals surface area contributed by atoms with Gasteiger partial charge >= 0.3 is 42.0 Å². The summed E-state index contributed by atoms with van der Waals surface area (Å²) in [4.78, 5) is 73.0. The number of aromatic hydroxyl groups is 1. The number of phenolic OH excluding ortho intramolecular Hbond substituents is 1. The number of halogens is 5. The molecule has 4 aliphatic rings. The van der Waals surface area contributed by atoms with Crippen LogP contribution in [0, 0.1) is 34.7 Å². The highest BCUT2D eigenvalue weighted by molar-refractivity contribution is 14.1. The number of esters is 6. The Balaban J connectivity index is 0.000000193. The highest BCUT2D eigenvalue weighted by atomic mass is 127. The van der Waals surface area contributed by atoms with Gasteiger partial charge in [-0.05, 0) is 238 Å². The molecule has 6 atom stereocenters. The molecule has 4 heterocycles. The zero-order valence-corrected chi connectivity index (χ0v) is 61.6. The number of carbonyl (C=O) groups is 6. The molecule has 95 heavy (non-hydrogen) atoms. The van der Waals surface area contributed by atoms with E-state index in [1.807, 2.05) is 84.9 Å². The van der Waals surface area contributed by atoms with Crippen LogP contribution in [-0.2, 0) is 57.8 Å². The molecule has 1 saturated carbocycles. The third-order valence-corrected chi connectivity index (χ3v) is 22.5. The molecule has 10 rings (SSSR count). The van der Waals surface area contributed by atoms with E-state index in [4.69, 9.17) is 33.5 Å². The van der Waals surface area contributed by atoms with E-state index < -0.39 is 68.5 Å². The first-order valence-electron chi connectivity index (χ1n) is 31.4. The number of ether oxygens (including phenoxy) is 7. The third-order valence-electron chi connectivity index (χ3n) is 17.7. The number of phenols is 1. The monoisotopic (exact) mass is 1580 g/mol. The third kappa shape index (κ3) is 20.3. The number of thiophene rings is 1. The van der Waals surface area contributed by atoms with Gasteiger partial charge in [0.2, 0.25) is 6.10 Å². The van der Waals surface area contributed by atoms with Crippen LogP contribution >= 0.6 is 55.7 Å². The molecule has 0 spiro atoms. The van der Waals surface area contributed by atoms with E-state index in [9.17, 15) is 54.9 Å². The highest BCUT2D eigenvalue weighted by Crippen LogP contribution is 2.49. The molecule has 518 valence electrons. The van der Waals surface area contributed by atoms with Gasteiger partial charge < -0.3 is 42.8 Å². The SMILES string of the molecule is CCC(C)(C)C(=O)OC1(C)CCCC1.CCC(C)(C)C(=O)OC1C2CC3C(=O)OC1C3O2.CCC(C)(C)C(=O)Oc1cc(C(=O)OC(CS(=O)(=O)[O-])C(F)(F)F)c(I)cc1I.CCC(C)(C)C(=O)Oc1ccc(O)cc1.c1ccc(-[s+]2c3ccccc3c3ccccc32)cc1. The van der Waals surface area contributed by atoms with Gasteiger partial charge in [-0.2, -0.15) is 13.2 Å². The summed E-state index contributed by atoms with van der Waals surface area (Å²) in [7, 11) is -5.25. The number of rotatable bonds is 17. The molecule has 1 aliphatic carbocycles. The van der Waals surface area contributed by atoms with Crippen molar-refractivity contribution in [3.8, 4) is 22.1 Å². The Labute approximate surface area is 584 Å². The second-order valence-electron chi connectivity index (χ2n) is 26.6. The van der Waals surface area contributed by atoms with E-state index in [1.165, 1.54) is 56.1 Å². The molecular weight excluding hydrogens is 1500 g/mol. The summed E-state index contributed by atoms with van der Waals surface area (Å²) >= 11 is 3.48. The Hall–Kier alpha value is -5.94. The van der Waals surface area contributed by atoms with Crippen molar-refractivity contribution in [3.05, 3.63) is 128 Å². The number of benzene rings is 5. The zero-order chi connectivity index (χ0) is 70.8. The lowest BCUT2D eigenvalue weighted by Gasteiger charge is -2.29. The maximum absolute atomic E-state index is 13.0. The maximum atomic E-state index is 13.0. The van der Waals surface area contributed by atoms with Crippen LogP contribution in [0.1, 0.15) is 158 Å². The van der Waals surface area contributed by atoms with Gasteiger partial charge in [-0.15, -0.1) is 0 Å². The molecule has 3 aliphatic heterocycles. The Kier molecular flexibility index (Phi) is 26.4. The topological polar surface area (TPSA) is 244 Å². The van der Waals surface area contributed by atoms with Gasteiger partial charge in [0.1, 0.15) is 29.0 Å². The normalized spacial score (nSPS) is 19.0. The van der Waals surface area contributed by atoms with E-state index in [1.54, 1.807) is 55.5 Å². The second kappa shape index (κ2) is 32.2. The van der Waals surface area contributed by atoms with Crippen LogP contribution in [0.25, 0.3) is 25.1 Å². The number of alkyl halides is 3. The van der Waals surface area contributed by atoms with Crippen LogP contribution in [0.4, 0.5) is 13.2 Å². The van der Waals surface area contributed by atoms with Crippen molar-refractivity contribution < 1.29 is 93.2 Å². The maximum Gasteiger partial charge on any atom is 0.426 e. The van der Waals surface area contributed by atoms with E-state index in [0.717, 1.165) is 31.7 Å². The summed E-state index contributed by atoms with van der Waals surface area (Å²) in [5.41, 5.74) is -2.70. The molecule has 17 nitrogen and oxygen atoms in total. The van der Waals surface area contributed by atoms with Crippen LogP contribution in [-0.4, -0.2) is 102 Å². The largest absolute Gasteiger partial charge is 0.748 e. The van der Waals surface area contributed by atoms with Crippen molar-refractivity contribution in [2.24, 2.45) is 27.6 Å². The fraction of sp³-hybridized carbons (Fsp3) is 0.493. The van der Waals surface area contributed by atoms with E-state index in [0.29, 0.717) is 28.6 Å². The summed E-state index contributed by atoms with van der Waals surface area (Å²) in [5.74, 6) is -4.41. The summed E-state index contributed by atoms with van der Waals surface area (Å²) in [6.07, 6.45) is -1.80. The summed E-state index contributed by atoms with van der Waals surface area (Å²) in [5, 5.41) is 11.8. The van der Waals surface area contributed by atoms with Crippen LogP contribution in [0.5, 0.6) is 17.2 Å². The van der Waals surface area contributed by atoms with E-state index in [2.05, 4.69) is 90.5 Å². The predicted molar refractivity (Wildman–Crippen MR) is 372 cm³/mol. The molecule has 2 bridgehead atoms. The van der Waals surface area contributed by atoms with Gasteiger partial charge in [-0.25, -0.2) is 13.2 Å². The van der Waals surface area contributed by atoms with Crippen LogP contribution in [0.3, 0.4) is 0 Å². The lowest BCUT2D eigenvalue weighted by Crippen LogP contribution is -2.42. The lowest BCUT2D eigenvalue weighted by molar-refractivity contribution is -0.197. The molecular formula is C71H85F3I2O17S2. The minimum Gasteiger partial charge on any atom is -0.748 e. The molecule has 1 aromatic heterocycles. The van der Waals surface area contributed by atoms with Gasteiger partial charge in [0.05, 0.1) is 58.7 Å². The van der Waals surface area contributed by atoms with E-state index >= 15 is 0 Å². The number of hydrogen-bond donors (Lipinski definition) is 1. The van der Waals surface area contributed by atoms with Crippen molar-refractivity contribution in [1.29, 1.82) is 0 Å². The summed E-state index contributed by atoms with van der Waals surface area (Å²) in [6.45, 7) is 24.3. The average Bonchev–Trinajstić information content (AvgIpc) is 1.58. The van der Waals surface area contributed by atoms with Gasteiger partial charge in [-0.3, -0.25) is 24.0 Å². The molecule has 6 aromatic rings. The van der Waals surface area contributed by atoms with E-state index in [-0.39, 0.29) is 84.1 Å². The predicted octanol–water partition coefficient (Wildman–Crippen LogP) is 16.7. The molecule has 5 aromatic carbocycles. The molecule has 0 radical (unpaired) electrons. The van der Waals surface area contributed by atoms with Crippen molar-refractivity contribution in [1.82, 2.24) is 0 Å². The first-order valence-corrected chi connectivity index (χ1v) is 36.4. The summed E-state index contributed by atoms with van der Waals surface area (Å²) < 4.78 is 111. The van der Waals surface area contributed by atoms with Crippen LogP contribution in [0.15, 0.2) is 115 Å². The first kappa shape index (κ1) is 78.1. The Morgan fingerprint density at radius 1 is 0.674 bits per heavy atom. The highest BCUT2D eigenvalue weighted by Gasteiger charge is 2.65. The number of fused-ring (bicyclic) bond motifs is 4. The minimum atomic E-state index is -5.31. The van der Waals surface area contributed by atoms with Gasteiger partial charge in [0.25, 0.3) is 0 Å². The van der Waals surface area contributed by atoms with Crippen molar-refractivity contribution in [2.45, 2.75) is 190 Å². The molecule has 6 unspecified atom stereocenters. The van der Waals surface area contributed by atoms with Gasteiger partial charge in [0, 0.05) is 24.8 Å². The molecule has 0 amide bonds. The quantitative estimate of drug-likeness (QED) is 0.0223. The van der Waals surface area contributed by atoms with Gasteiger partial charge in [0.15, 0.2) is 26.5 Å². The Bertz CT molecular complexity index is 3750. The van der Waals surface area contributed by atoms with Crippen molar-refractivity contribution >= 4 is 122 Å². The second-order valence-corrected chi connectivity index (χ2v) is 32.3. The van der Waals surface area contributed by atoms with Crippen LogP contribution in [0.2, 0.25) is 0 Å². The standard InChI is InChI=1S/C18H13S.C16H17F3I2O7S.C13H18O5.C12H16O3.C12H22O2/c1-2-8-14(9-3-1)19-17-12-6-4-10-15(17)16-11-5-7-13-18(16)19;1-4-15(2,3)14(23)27-11-5-8(9(20)6-10(11)21)13(22)28-12(16(17,18)19)7-29(24,25)26;1-4-13(2,3)12(15)18-9-7-5-6-8(16-7)10(9)17-11(6)14;1-4-12(2,3)11(14)15-10-7-5-9(13)6-8-10;1-5-11(2,3)10(13)14-12(4)8-6-7-9-12/h1-13H;5-6,12H,4,7H2,1-3H3,(H,24,25,26);6-10H,4-5H2,1-3H3;5-8,13H,4H2,1-3H3;5-9H2,1-4H3/q+1;;;;/p-1. The smallest absolute Gasteiger partial charge is 0.426 e. The number of hydrogen-bond acceptors (Lipinski definition) is 17. The number of carbonyl (C=O) groups excluding carboxylic acids is 6. The molecule has 24 heteroatoms.